The van der Waals surface area contributed by atoms with Crippen molar-refractivity contribution in [1.29, 1.82) is 0 Å². The molecule has 0 saturated heterocycles. The third kappa shape index (κ3) is 5.32. The number of hydrogen-bond donors (Lipinski definition) is 0. The van der Waals surface area contributed by atoms with Crippen molar-refractivity contribution in [1.82, 2.24) is 14.3 Å². The van der Waals surface area contributed by atoms with Crippen LogP contribution in [0.25, 0.3) is 5.69 Å². The van der Waals surface area contributed by atoms with Gasteiger partial charge in [-0.25, -0.2) is 14.0 Å². The van der Waals surface area contributed by atoms with Crippen molar-refractivity contribution in [3.05, 3.63) is 76.2 Å². The van der Waals surface area contributed by atoms with E-state index >= 15 is 0 Å². The number of aryl methyl sites for hydroxylation is 1. The van der Waals surface area contributed by atoms with E-state index in [1.807, 2.05) is 42.5 Å². The highest BCUT2D eigenvalue weighted by Crippen LogP contribution is 2.18. The second kappa shape index (κ2) is 10.2. The molecule has 1 aromatic heterocycles. The summed E-state index contributed by atoms with van der Waals surface area (Å²) >= 11 is 0. The zero-order chi connectivity index (χ0) is 20.5. The first-order valence-electron chi connectivity index (χ1n) is 9.24. The maximum atomic E-state index is 12.4. The zero-order valence-electron chi connectivity index (χ0n) is 16.5. The molecule has 2 aromatic carbocycles. The average Bonchev–Trinajstić information content (AvgIpc) is 3.04. The summed E-state index contributed by atoms with van der Waals surface area (Å²) in [6.07, 6.45) is 2.37. The molecule has 1 heterocycles. The van der Waals surface area contributed by atoms with Crippen molar-refractivity contribution >= 4 is 6.21 Å². The molecule has 0 unspecified atom stereocenters. The fourth-order valence-corrected chi connectivity index (χ4v) is 2.80. The fourth-order valence-electron chi connectivity index (χ4n) is 2.80. The number of nitrogens with zero attached hydrogens (tertiary/aromatic N) is 4. The number of hydrogen-bond acceptors (Lipinski definition) is 6. The maximum absolute atomic E-state index is 12.4. The number of ether oxygens (including phenoxy) is 2. The molecule has 3 aromatic rings. The second-order valence-electron chi connectivity index (χ2n) is 6.23. The van der Waals surface area contributed by atoms with Crippen LogP contribution in [-0.2, 0) is 29.6 Å². The summed E-state index contributed by atoms with van der Waals surface area (Å²) in [6, 6.07) is 17.8. The van der Waals surface area contributed by atoms with E-state index < -0.39 is 0 Å². The van der Waals surface area contributed by atoms with Crippen molar-refractivity contribution in [3.63, 3.8) is 0 Å². The number of benzene rings is 2. The van der Waals surface area contributed by atoms with Crippen molar-refractivity contribution in [2.24, 2.45) is 12.2 Å². The van der Waals surface area contributed by atoms with E-state index in [4.69, 9.17) is 14.3 Å². The summed E-state index contributed by atoms with van der Waals surface area (Å²) in [5, 5.41) is 7.98. The van der Waals surface area contributed by atoms with Crippen LogP contribution in [0.1, 0.15) is 11.1 Å². The Hall–Kier alpha value is -3.39. The maximum Gasteiger partial charge on any atom is 0.353 e. The van der Waals surface area contributed by atoms with Gasteiger partial charge in [-0.05, 0) is 11.6 Å². The molecule has 8 heteroatoms. The third-order valence-corrected chi connectivity index (χ3v) is 4.23. The molecule has 0 saturated carbocycles. The molecular formula is C21H24N4O4. The van der Waals surface area contributed by atoms with Crippen LogP contribution in [0.2, 0.25) is 0 Å². The van der Waals surface area contributed by atoms with E-state index in [9.17, 15) is 4.79 Å². The molecule has 0 radical (unpaired) electrons. The Balaban J connectivity index is 1.51. The quantitative estimate of drug-likeness (QED) is 0.299. The molecule has 29 heavy (non-hydrogen) atoms. The van der Waals surface area contributed by atoms with Gasteiger partial charge in [-0.2, -0.15) is 0 Å². The summed E-state index contributed by atoms with van der Waals surface area (Å²) < 4.78 is 13.5. The smallest absolute Gasteiger partial charge is 0.353 e. The predicted octanol–water partition coefficient (Wildman–Crippen LogP) is 2.34. The minimum Gasteiger partial charge on any atom is -0.467 e. The molecule has 0 aliphatic heterocycles. The van der Waals surface area contributed by atoms with Crippen molar-refractivity contribution < 1.29 is 14.3 Å². The van der Waals surface area contributed by atoms with Crippen LogP contribution in [-0.4, -0.2) is 40.9 Å². The van der Waals surface area contributed by atoms with Gasteiger partial charge in [0.2, 0.25) is 0 Å². The van der Waals surface area contributed by atoms with Crippen LogP contribution < -0.4 is 10.4 Å². The van der Waals surface area contributed by atoms with Crippen LogP contribution in [0.15, 0.2) is 64.5 Å². The topological polar surface area (TPSA) is 79.9 Å². The Bertz CT molecular complexity index is 995. The Kier molecular flexibility index (Phi) is 7.18. The molecule has 0 amide bonds. The Labute approximate surface area is 168 Å². The lowest BCUT2D eigenvalue weighted by molar-refractivity contribution is 0.135. The number of methoxy groups -OCH3 is 1. The summed E-state index contributed by atoms with van der Waals surface area (Å²) in [7, 11) is 3.06. The van der Waals surface area contributed by atoms with E-state index in [-0.39, 0.29) is 11.7 Å². The summed E-state index contributed by atoms with van der Waals surface area (Å²) in [6.45, 7) is 1.10. The highest BCUT2D eigenvalue weighted by Gasteiger charge is 2.16. The fraction of sp³-hybridized carbons (Fsp3) is 0.286. The van der Waals surface area contributed by atoms with Gasteiger partial charge in [0.1, 0.15) is 6.61 Å². The lowest BCUT2D eigenvalue weighted by Crippen LogP contribution is -2.22. The van der Waals surface area contributed by atoms with Gasteiger partial charge in [0, 0.05) is 19.0 Å². The first kappa shape index (κ1) is 20.3. The van der Waals surface area contributed by atoms with Crippen LogP contribution in [0.3, 0.4) is 0 Å². The van der Waals surface area contributed by atoms with E-state index in [1.165, 1.54) is 21.9 Å². The highest BCUT2D eigenvalue weighted by molar-refractivity contribution is 5.57. The minimum atomic E-state index is -0.289. The largest absolute Gasteiger partial charge is 0.467 e. The van der Waals surface area contributed by atoms with E-state index in [0.29, 0.717) is 25.5 Å². The third-order valence-electron chi connectivity index (χ3n) is 4.23. The standard InChI is InChI=1S/C21H24N4O4/c1-24-21(26)25(20(23-24)27-2)19-11-7-6-10-18(19)16-28-15-13-22-29-14-12-17-8-4-3-5-9-17/h3-11,13H,12,14-16H2,1-2H3/b22-13-. The first-order chi connectivity index (χ1) is 14.2. The Morgan fingerprint density at radius 3 is 2.66 bits per heavy atom. The molecule has 0 aliphatic rings. The molecule has 0 aliphatic carbocycles. The van der Waals surface area contributed by atoms with E-state index in [0.717, 1.165) is 12.0 Å². The number of rotatable bonds is 10. The molecule has 0 bridgehead atoms. The lowest BCUT2D eigenvalue weighted by Gasteiger charge is -2.10. The van der Waals surface area contributed by atoms with E-state index in [2.05, 4.69) is 22.4 Å². The van der Waals surface area contributed by atoms with Gasteiger partial charge < -0.3 is 14.3 Å². The first-order valence-corrected chi connectivity index (χ1v) is 9.24. The molecule has 0 N–H and O–H groups in total. The van der Waals surface area contributed by atoms with Crippen molar-refractivity contribution in [2.75, 3.05) is 20.3 Å². The normalized spacial score (nSPS) is 11.1. The molecule has 8 nitrogen and oxygen atoms in total. The van der Waals surface area contributed by atoms with Crippen LogP contribution in [0.4, 0.5) is 0 Å². The minimum absolute atomic E-state index is 0.221. The van der Waals surface area contributed by atoms with E-state index in [1.54, 1.807) is 13.3 Å². The Morgan fingerprint density at radius 2 is 1.86 bits per heavy atom. The number of aromatic nitrogens is 3. The van der Waals surface area contributed by atoms with Crippen LogP contribution in [0.5, 0.6) is 6.01 Å². The lowest BCUT2D eigenvalue weighted by atomic mass is 10.2. The van der Waals surface area contributed by atoms with Gasteiger partial charge in [0.25, 0.3) is 0 Å². The van der Waals surface area contributed by atoms with Gasteiger partial charge in [0.15, 0.2) is 0 Å². The zero-order valence-corrected chi connectivity index (χ0v) is 16.5. The molecule has 0 spiro atoms. The Morgan fingerprint density at radius 1 is 1.10 bits per heavy atom. The van der Waals surface area contributed by atoms with Crippen LogP contribution in [0, 0.1) is 0 Å². The average molecular weight is 396 g/mol. The summed E-state index contributed by atoms with van der Waals surface area (Å²) in [5.74, 6) is 0. The van der Waals surface area contributed by atoms with Crippen molar-refractivity contribution in [3.8, 4) is 11.7 Å². The van der Waals surface area contributed by atoms with Crippen molar-refractivity contribution in [2.45, 2.75) is 13.0 Å². The predicted molar refractivity (Wildman–Crippen MR) is 110 cm³/mol. The van der Waals surface area contributed by atoms with Gasteiger partial charge in [-0.3, -0.25) is 0 Å². The highest BCUT2D eigenvalue weighted by atomic mass is 16.6. The number of para-hydroxylation sites is 1. The molecule has 0 atom stereocenters. The van der Waals surface area contributed by atoms with Crippen LogP contribution >= 0.6 is 0 Å². The van der Waals surface area contributed by atoms with Gasteiger partial charge in [-0.1, -0.05) is 53.7 Å². The SMILES string of the molecule is COc1nn(C)c(=O)n1-c1ccccc1COC/C=N\OCCc1ccccc1. The molecule has 3 rings (SSSR count). The van der Waals surface area contributed by atoms with Gasteiger partial charge >= 0.3 is 11.7 Å². The van der Waals surface area contributed by atoms with Gasteiger partial charge in [-0.15, -0.1) is 5.10 Å². The number of oxime groups is 1. The monoisotopic (exact) mass is 396 g/mol. The molecule has 0 fully saturated rings. The summed E-state index contributed by atoms with van der Waals surface area (Å²) in [5.41, 5.74) is 2.41. The second-order valence-corrected chi connectivity index (χ2v) is 6.23. The van der Waals surface area contributed by atoms with Gasteiger partial charge in [0.05, 0.1) is 32.2 Å². The molecule has 152 valence electrons. The summed E-state index contributed by atoms with van der Waals surface area (Å²) in [4.78, 5) is 17.6. The molecular weight excluding hydrogens is 372 g/mol.